The van der Waals surface area contributed by atoms with Gasteiger partial charge in [0.1, 0.15) is 0 Å². The first-order valence-electron chi connectivity index (χ1n) is 6.01. The van der Waals surface area contributed by atoms with Crippen molar-refractivity contribution in [3.8, 4) is 0 Å². The molecule has 1 nitrogen and oxygen atoms in total. The fraction of sp³-hybridized carbons (Fsp3) is 0.571. The predicted molar refractivity (Wildman–Crippen MR) is 82.2 cm³/mol. The Morgan fingerprint density at radius 1 is 0.882 bits per heavy atom. The minimum absolute atomic E-state index is 0.237. The molecule has 0 fully saturated rings. The molecule has 0 aliphatic carbocycles. The Labute approximate surface area is 114 Å². The van der Waals surface area contributed by atoms with Crippen LogP contribution in [0.1, 0.15) is 41.5 Å². The van der Waals surface area contributed by atoms with Crippen LogP contribution in [-0.2, 0) is 0 Å². The molecule has 96 valence electrons. The molecule has 0 aliphatic heterocycles. The first-order valence-corrected chi connectivity index (χ1v) is 10.0. The van der Waals surface area contributed by atoms with E-state index < -0.39 is 5.66 Å². The summed E-state index contributed by atoms with van der Waals surface area (Å²) in [5.74, 6) is 0. The predicted octanol–water partition coefficient (Wildman–Crippen LogP) is 4.71. The Bertz CT molecular complexity index is 394. The first-order chi connectivity index (χ1) is 7.58. The maximum absolute atomic E-state index is 3.79. The molecule has 1 aromatic carbocycles. The Morgan fingerprint density at radius 2 is 1.29 bits per heavy atom. The molecule has 0 amide bonds. The van der Waals surface area contributed by atoms with E-state index in [0.29, 0.717) is 0 Å². The molecule has 1 rings (SSSR count). The molecular formula is C14H24NPSe. The van der Waals surface area contributed by atoms with Gasteiger partial charge < -0.3 is 0 Å². The van der Waals surface area contributed by atoms with Crippen molar-refractivity contribution in [2.24, 2.45) is 0 Å². The van der Waals surface area contributed by atoms with E-state index in [1.165, 1.54) is 5.69 Å². The molecule has 0 saturated carbocycles. The number of hydrogen-bond donors (Lipinski definition) is 1. The molecule has 0 saturated heterocycles. The van der Waals surface area contributed by atoms with Crippen molar-refractivity contribution in [2.75, 3.05) is 5.09 Å². The zero-order valence-corrected chi connectivity index (χ0v) is 14.3. The van der Waals surface area contributed by atoms with Gasteiger partial charge >= 0.3 is 114 Å². The summed E-state index contributed by atoms with van der Waals surface area (Å²) in [6.07, 6.45) is 0. The van der Waals surface area contributed by atoms with Gasteiger partial charge in [-0.1, -0.05) is 0 Å². The third-order valence-electron chi connectivity index (χ3n) is 2.95. The van der Waals surface area contributed by atoms with E-state index in [-0.39, 0.29) is 10.3 Å². The average molecular weight is 316 g/mol. The van der Waals surface area contributed by atoms with E-state index in [1.807, 2.05) is 0 Å². The van der Waals surface area contributed by atoms with Gasteiger partial charge in [-0.3, -0.25) is 0 Å². The second kappa shape index (κ2) is 4.92. The van der Waals surface area contributed by atoms with Crippen LogP contribution in [0.4, 0.5) is 5.69 Å². The van der Waals surface area contributed by atoms with Crippen molar-refractivity contribution in [2.45, 2.75) is 51.9 Å². The minimum atomic E-state index is -1.43. The van der Waals surface area contributed by atoms with Crippen molar-refractivity contribution in [3.63, 3.8) is 0 Å². The number of nitrogens with one attached hydrogen (secondary N) is 1. The zero-order chi connectivity index (χ0) is 13.3. The number of anilines is 1. The van der Waals surface area contributed by atoms with Gasteiger partial charge in [0.2, 0.25) is 0 Å². The molecule has 0 heterocycles. The Hall–Kier alpha value is -0.0305. The van der Waals surface area contributed by atoms with Crippen LogP contribution in [-0.4, -0.2) is 25.4 Å². The van der Waals surface area contributed by atoms with E-state index in [9.17, 15) is 0 Å². The van der Waals surface area contributed by atoms with Gasteiger partial charge in [0, 0.05) is 0 Å². The molecule has 1 N–H and O–H groups in total. The average Bonchev–Trinajstić information content (AvgIpc) is 2.15. The van der Waals surface area contributed by atoms with E-state index in [1.54, 1.807) is 0 Å². The van der Waals surface area contributed by atoms with Crippen molar-refractivity contribution < 1.29 is 0 Å². The normalized spacial score (nSPS) is 13.5. The molecule has 3 heteroatoms. The Kier molecular flexibility index (Phi) is 4.35. The number of rotatable bonds is 2. The Morgan fingerprint density at radius 3 is 1.65 bits per heavy atom. The molecule has 0 aliphatic rings. The second-order valence-electron chi connectivity index (χ2n) is 6.43. The van der Waals surface area contributed by atoms with Crippen LogP contribution >= 0.6 is 5.66 Å². The van der Waals surface area contributed by atoms with Crippen molar-refractivity contribution in [1.82, 2.24) is 0 Å². The molecule has 1 aromatic rings. The van der Waals surface area contributed by atoms with E-state index in [2.05, 4.69) is 92.1 Å². The summed E-state index contributed by atoms with van der Waals surface area (Å²) in [7, 11) is 0. The third kappa shape index (κ3) is 3.25. The van der Waals surface area contributed by atoms with Crippen molar-refractivity contribution in [1.29, 1.82) is 0 Å². The molecule has 0 aromatic heterocycles. The third-order valence-corrected chi connectivity index (χ3v) is 14.8. The molecule has 0 spiro atoms. The van der Waals surface area contributed by atoms with Crippen LogP contribution in [0.3, 0.4) is 0 Å². The summed E-state index contributed by atoms with van der Waals surface area (Å²) in [6.45, 7) is 13.9. The zero-order valence-electron chi connectivity index (χ0n) is 11.7. The van der Waals surface area contributed by atoms with Gasteiger partial charge in [0.25, 0.3) is 0 Å². The molecule has 0 bridgehead atoms. The quantitative estimate of drug-likeness (QED) is 0.615. The van der Waals surface area contributed by atoms with Crippen LogP contribution in [0.25, 0.3) is 0 Å². The van der Waals surface area contributed by atoms with Gasteiger partial charge in [0.05, 0.1) is 0 Å². The number of benzene rings is 1. The summed E-state index contributed by atoms with van der Waals surface area (Å²) in [4.78, 5) is 0. The van der Waals surface area contributed by atoms with E-state index >= 15 is 0 Å². The molecule has 0 radical (unpaired) electrons. The monoisotopic (exact) mass is 317 g/mol. The van der Waals surface area contributed by atoms with Crippen molar-refractivity contribution >= 4 is 26.4 Å². The summed E-state index contributed by atoms with van der Waals surface area (Å²) in [5.41, 5.74) is -0.221. The van der Waals surface area contributed by atoms with Crippen LogP contribution < -0.4 is 5.09 Å². The fourth-order valence-electron chi connectivity index (χ4n) is 2.04. The van der Waals surface area contributed by atoms with Crippen LogP contribution in [0.5, 0.6) is 0 Å². The van der Waals surface area contributed by atoms with Gasteiger partial charge in [-0.15, -0.1) is 0 Å². The molecule has 0 atom stereocenters. The topological polar surface area (TPSA) is 12.0 Å². The van der Waals surface area contributed by atoms with Crippen LogP contribution in [0.2, 0.25) is 0 Å². The molecule has 17 heavy (non-hydrogen) atoms. The summed E-state index contributed by atoms with van der Waals surface area (Å²) in [5, 5.41) is 4.27. The molecular weight excluding hydrogens is 292 g/mol. The number of para-hydroxylation sites is 1. The van der Waals surface area contributed by atoms with E-state index in [0.717, 1.165) is 0 Å². The van der Waals surface area contributed by atoms with Crippen LogP contribution in [0.15, 0.2) is 30.3 Å². The summed E-state index contributed by atoms with van der Waals surface area (Å²) >= 11 is 3.52. The van der Waals surface area contributed by atoms with Gasteiger partial charge in [-0.25, -0.2) is 0 Å². The second-order valence-corrected chi connectivity index (χ2v) is 14.0. The summed E-state index contributed by atoms with van der Waals surface area (Å²) < 4.78 is 0. The maximum atomic E-state index is 3.79. The number of hydrogen-bond acceptors (Lipinski definition) is 1. The molecule has 0 unspecified atom stereocenters. The van der Waals surface area contributed by atoms with E-state index in [4.69, 9.17) is 0 Å². The van der Waals surface area contributed by atoms with Crippen molar-refractivity contribution in [3.05, 3.63) is 30.3 Å². The van der Waals surface area contributed by atoms with Gasteiger partial charge in [-0.2, -0.15) is 0 Å². The van der Waals surface area contributed by atoms with Gasteiger partial charge in [-0.05, 0) is 0 Å². The van der Waals surface area contributed by atoms with Crippen LogP contribution in [0, 0.1) is 0 Å². The van der Waals surface area contributed by atoms with Gasteiger partial charge in [0.15, 0.2) is 0 Å². The Balaban J connectivity index is 3.16. The summed E-state index contributed by atoms with van der Waals surface area (Å²) in [6, 6.07) is 10.5. The SMILES string of the molecule is CC(C)(C)P(=[Se])(Nc1ccccc1)C(C)(C)C. The fourth-order valence-corrected chi connectivity index (χ4v) is 5.90. The first kappa shape index (κ1) is 15.0. The standard InChI is InChI=1S/C14H24NPSe/c1-13(2,3)16(17,14(4,5)6)15-12-10-8-7-9-11-12/h7-11H,1-6H3,(H,15,17).